The minimum atomic E-state index is -3.44. The number of rotatable bonds is 5. The molecule has 0 saturated carbocycles. The number of nitrogens with two attached hydrogens (primary N) is 2. The summed E-state index contributed by atoms with van der Waals surface area (Å²) >= 11 is 0. The Bertz CT molecular complexity index is 237. The number of carbonyl (C=O) groups excluding carboxylic acids is 1. The minimum Gasteiger partial charge on any atom is -0.274 e. The molecule has 0 bridgehead atoms. The molecular formula is C8H20N3O2P. The molecule has 0 rings (SSSR count). The van der Waals surface area contributed by atoms with Crippen LogP contribution >= 0.6 is 7.59 Å². The molecule has 5 nitrogen and oxygen atoms in total. The van der Waals surface area contributed by atoms with Crippen LogP contribution in [0.2, 0.25) is 0 Å². The van der Waals surface area contributed by atoms with E-state index < -0.39 is 7.59 Å². The zero-order chi connectivity index (χ0) is 11.4. The van der Waals surface area contributed by atoms with Crippen molar-refractivity contribution in [3.8, 4) is 0 Å². The summed E-state index contributed by atoms with van der Waals surface area (Å²) in [6.07, 6.45) is 2.03. The van der Waals surface area contributed by atoms with Crippen LogP contribution in [0.5, 0.6) is 0 Å². The van der Waals surface area contributed by atoms with E-state index in [-0.39, 0.29) is 11.9 Å². The third-order valence-corrected chi connectivity index (χ3v) is 3.18. The van der Waals surface area contributed by atoms with Gasteiger partial charge in [0.25, 0.3) is 0 Å². The molecule has 0 radical (unpaired) electrons. The molecule has 4 N–H and O–H groups in total. The summed E-state index contributed by atoms with van der Waals surface area (Å²) in [6.45, 7) is 5.48. The molecule has 0 aromatic carbocycles. The summed E-state index contributed by atoms with van der Waals surface area (Å²) in [7, 11) is -3.44. The molecule has 0 heterocycles. The predicted molar refractivity (Wildman–Crippen MR) is 57.5 cm³/mol. The van der Waals surface area contributed by atoms with Crippen molar-refractivity contribution in [2.45, 2.75) is 46.1 Å². The minimum absolute atomic E-state index is 0.222. The Hall–Kier alpha value is -0.380. The van der Waals surface area contributed by atoms with Gasteiger partial charge in [-0.3, -0.25) is 25.0 Å². The van der Waals surface area contributed by atoms with E-state index >= 15 is 0 Å². The zero-order valence-corrected chi connectivity index (χ0v) is 9.96. The first-order valence-electron chi connectivity index (χ1n) is 4.80. The first-order chi connectivity index (χ1) is 6.30. The maximum atomic E-state index is 11.6. The fraction of sp³-hybridized carbons (Fsp3) is 0.875. The van der Waals surface area contributed by atoms with Gasteiger partial charge in [-0.1, -0.05) is 13.3 Å². The van der Waals surface area contributed by atoms with E-state index in [0.29, 0.717) is 6.42 Å². The predicted octanol–water partition coefficient (Wildman–Crippen LogP) is 1.44. The Kier molecular flexibility index (Phi) is 5.34. The largest absolute Gasteiger partial charge is 0.303 e. The SMILES string of the molecule is CCCCC(=O)N(C(C)C)P(N)(N)=O. The van der Waals surface area contributed by atoms with Gasteiger partial charge in [-0.15, -0.1) is 0 Å². The number of nitrogens with zero attached hydrogens (tertiary/aromatic N) is 1. The lowest BCUT2D eigenvalue weighted by molar-refractivity contribution is -0.127. The summed E-state index contributed by atoms with van der Waals surface area (Å²) in [5.74, 6) is -0.227. The number of carbonyl (C=O) groups is 1. The average Bonchev–Trinajstić information content (AvgIpc) is 1.97. The highest BCUT2D eigenvalue weighted by Gasteiger charge is 2.28. The monoisotopic (exact) mass is 221 g/mol. The van der Waals surface area contributed by atoms with E-state index in [9.17, 15) is 9.36 Å². The Balaban J connectivity index is 4.52. The molecule has 0 aliphatic carbocycles. The summed E-state index contributed by atoms with van der Waals surface area (Å²) in [6, 6.07) is -0.222. The highest BCUT2D eigenvalue weighted by atomic mass is 31.2. The molecule has 0 aromatic heterocycles. The molecule has 0 aliphatic rings. The third kappa shape index (κ3) is 4.22. The molecule has 1 amide bonds. The van der Waals surface area contributed by atoms with Crippen molar-refractivity contribution in [3.63, 3.8) is 0 Å². The van der Waals surface area contributed by atoms with Crippen molar-refractivity contribution in [1.29, 1.82) is 0 Å². The number of hydrogen-bond acceptors (Lipinski definition) is 2. The van der Waals surface area contributed by atoms with E-state index in [1.807, 2.05) is 6.92 Å². The normalized spacial score (nSPS) is 11.9. The van der Waals surface area contributed by atoms with Gasteiger partial charge in [0, 0.05) is 12.5 Å². The van der Waals surface area contributed by atoms with Crippen molar-refractivity contribution >= 4 is 13.5 Å². The van der Waals surface area contributed by atoms with Crippen LogP contribution in [-0.2, 0) is 9.36 Å². The Labute approximate surface area is 85.4 Å². The molecule has 0 saturated heterocycles. The Morgan fingerprint density at radius 1 is 1.43 bits per heavy atom. The summed E-state index contributed by atoms with van der Waals surface area (Å²) in [4.78, 5) is 11.6. The number of amides is 1. The Morgan fingerprint density at radius 3 is 2.21 bits per heavy atom. The second-order valence-corrected chi connectivity index (χ2v) is 5.38. The zero-order valence-electron chi connectivity index (χ0n) is 9.06. The maximum absolute atomic E-state index is 11.6. The van der Waals surface area contributed by atoms with Crippen LogP contribution in [0.3, 0.4) is 0 Å². The van der Waals surface area contributed by atoms with E-state index in [2.05, 4.69) is 0 Å². The lowest BCUT2D eigenvalue weighted by Crippen LogP contribution is -2.39. The molecule has 84 valence electrons. The van der Waals surface area contributed by atoms with Crippen LogP contribution < -0.4 is 11.0 Å². The standard InChI is InChI=1S/C8H20N3O2P/c1-4-5-6-8(12)11(7(2)3)14(9,10)13/h7H,4-6H2,1-3H3,(H4,9,10,13). The van der Waals surface area contributed by atoms with E-state index in [1.54, 1.807) is 13.8 Å². The van der Waals surface area contributed by atoms with Crippen LogP contribution in [0, 0.1) is 0 Å². The van der Waals surface area contributed by atoms with Crippen LogP contribution in [0.25, 0.3) is 0 Å². The molecule has 0 aliphatic heterocycles. The smallest absolute Gasteiger partial charge is 0.274 e. The maximum Gasteiger partial charge on any atom is 0.303 e. The second-order valence-electron chi connectivity index (χ2n) is 3.61. The first kappa shape index (κ1) is 13.6. The lowest BCUT2D eigenvalue weighted by Gasteiger charge is -2.29. The van der Waals surface area contributed by atoms with Gasteiger partial charge in [0.1, 0.15) is 0 Å². The number of unbranched alkanes of at least 4 members (excludes halogenated alkanes) is 1. The summed E-state index contributed by atoms with van der Waals surface area (Å²) in [5, 5.41) is 0. The van der Waals surface area contributed by atoms with E-state index in [0.717, 1.165) is 17.5 Å². The van der Waals surface area contributed by atoms with Gasteiger partial charge < -0.3 is 0 Å². The fourth-order valence-corrected chi connectivity index (χ4v) is 2.44. The van der Waals surface area contributed by atoms with Crippen molar-refractivity contribution in [2.75, 3.05) is 0 Å². The lowest BCUT2D eigenvalue weighted by atomic mass is 10.2. The molecule has 0 fully saturated rings. The van der Waals surface area contributed by atoms with E-state index in [4.69, 9.17) is 11.0 Å². The van der Waals surface area contributed by atoms with Gasteiger partial charge in [0.2, 0.25) is 5.91 Å². The van der Waals surface area contributed by atoms with Crippen molar-refractivity contribution < 1.29 is 9.36 Å². The van der Waals surface area contributed by atoms with Crippen LogP contribution in [-0.4, -0.2) is 16.6 Å². The molecular weight excluding hydrogens is 201 g/mol. The molecule has 0 aromatic rings. The van der Waals surface area contributed by atoms with Crippen LogP contribution in [0.15, 0.2) is 0 Å². The van der Waals surface area contributed by atoms with Gasteiger partial charge in [0.05, 0.1) is 0 Å². The highest BCUT2D eigenvalue weighted by molar-refractivity contribution is 7.57. The van der Waals surface area contributed by atoms with Crippen molar-refractivity contribution in [2.24, 2.45) is 11.0 Å². The average molecular weight is 221 g/mol. The van der Waals surface area contributed by atoms with Gasteiger partial charge in [0.15, 0.2) is 0 Å². The van der Waals surface area contributed by atoms with Crippen molar-refractivity contribution in [3.05, 3.63) is 0 Å². The first-order valence-corrected chi connectivity index (χ1v) is 6.60. The summed E-state index contributed by atoms with van der Waals surface area (Å²) < 4.78 is 12.5. The number of hydrogen-bond donors (Lipinski definition) is 2. The second kappa shape index (κ2) is 5.49. The quantitative estimate of drug-likeness (QED) is 0.687. The van der Waals surface area contributed by atoms with Crippen molar-refractivity contribution in [1.82, 2.24) is 4.67 Å². The fourth-order valence-electron chi connectivity index (χ4n) is 1.27. The molecule has 0 spiro atoms. The third-order valence-electron chi connectivity index (χ3n) is 1.83. The molecule has 0 atom stereocenters. The van der Waals surface area contributed by atoms with Gasteiger partial charge in [-0.25, -0.2) is 0 Å². The van der Waals surface area contributed by atoms with Gasteiger partial charge >= 0.3 is 7.59 Å². The highest BCUT2D eigenvalue weighted by Crippen LogP contribution is 2.34. The molecule has 0 unspecified atom stereocenters. The Morgan fingerprint density at radius 2 is 1.93 bits per heavy atom. The van der Waals surface area contributed by atoms with Gasteiger partial charge in [-0.2, -0.15) is 0 Å². The van der Waals surface area contributed by atoms with Crippen LogP contribution in [0.1, 0.15) is 40.0 Å². The molecule has 6 heteroatoms. The van der Waals surface area contributed by atoms with Gasteiger partial charge in [-0.05, 0) is 20.3 Å². The topological polar surface area (TPSA) is 89.4 Å². The molecule has 14 heavy (non-hydrogen) atoms. The van der Waals surface area contributed by atoms with E-state index in [1.165, 1.54) is 0 Å². The summed E-state index contributed by atoms with van der Waals surface area (Å²) in [5.41, 5.74) is 10.6. The van der Waals surface area contributed by atoms with Crippen LogP contribution in [0.4, 0.5) is 0 Å².